The van der Waals surface area contributed by atoms with Gasteiger partial charge in [0.25, 0.3) is 0 Å². The van der Waals surface area contributed by atoms with E-state index in [4.69, 9.17) is 10.2 Å². The second kappa shape index (κ2) is 3.30. The molecule has 0 amide bonds. The van der Waals surface area contributed by atoms with Crippen molar-refractivity contribution in [3.63, 3.8) is 0 Å². The normalized spacial score (nSPS) is 21.9. The van der Waals surface area contributed by atoms with E-state index in [0.29, 0.717) is 6.42 Å². The number of aliphatic carboxylic acids is 1. The molecular weight excluding hydrogens is 146 g/mol. The van der Waals surface area contributed by atoms with Crippen LogP contribution in [0.1, 0.15) is 6.42 Å². The molecule has 4 heteroatoms. The molecule has 1 rings (SSSR count). The third-order valence-electron chi connectivity index (χ3n) is 1.57. The molecule has 0 aliphatic carbocycles. The maximum Gasteiger partial charge on any atom is 0.333 e. The topological polar surface area (TPSA) is 69.9 Å². The molecule has 0 aromatic rings. The third-order valence-corrected chi connectivity index (χ3v) is 1.57. The number of hydrogen-bond donors (Lipinski definition) is 2. The van der Waals surface area contributed by atoms with Crippen LogP contribution in [0, 0.1) is 5.92 Å². The lowest BCUT2D eigenvalue weighted by Gasteiger charge is -2.04. The first-order valence-electron chi connectivity index (χ1n) is 3.33. The number of nitrogens with zero attached hydrogens (tertiary/aromatic N) is 1. The minimum atomic E-state index is -0.957. The van der Waals surface area contributed by atoms with Crippen molar-refractivity contribution in [1.29, 1.82) is 0 Å². The average Bonchev–Trinajstić information content (AvgIpc) is 2.36. The van der Waals surface area contributed by atoms with E-state index < -0.39 is 5.97 Å². The molecule has 0 aromatic heterocycles. The Morgan fingerprint density at radius 3 is 3.00 bits per heavy atom. The quantitative estimate of drug-likeness (QED) is 0.604. The largest absolute Gasteiger partial charge is 0.478 e. The van der Waals surface area contributed by atoms with E-state index in [1.807, 2.05) is 0 Å². The third kappa shape index (κ3) is 1.65. The Morgan fingerprint density at radius 1 is 1.73 bits per heavy atom. The second-order valence-corrected chi connectivity index (χ2v) is 2.31. The molecule has 0 aromatic carbocycles. The molecule has 1 atom stereocenters. The molecule has 0 unspecified atom stereocenters. The number of aliphatic imine (C=N–C) groups is 1. The lowest BCUT2D eigenvalue weighted by atomic mass is 10.00. The molecule has 0 spiro atoms. The van der Waals surface area contributed by atoms with Gasteiger partial charge in [0, 0.05) is 24.9 Å². The zero-order chi connectivity index (χ0) is 8.27. The van der Waals surface area contributed by atoms with Crippen molar-refractivity contribution in [3.8, 4) is 0 Å². The highest BCUT2D eigenvalue weighted by molar-refractivity contribution is 5.94. The highest BCUT2D eigenvalue weighted by Crippen LogP contribution is 2.17. The van der Waals surface area contributed by atoms with Gasteiger partial charge in [0.05, 0.1) is 5.57 Å². The Kier molecular flexibility index (Phi) is 2.38. The predicted octanol–water partition coefficient (Wildman–Crippen LogP) is 0.0379. The van der Waals surface area contributed by atoms with E-state index in [-0.39, 0.29) is 18.1 Å². The maximum absolute atomic E-state index is 10.5. The molecule has 11 heavy (non-hydrogen) atoms. The summed E-state index contributed by atoms with van der Waals surface area (Å²) in [6.07, 6.45) is 3.30. The number of hydrogen-bond acceptors (Lipinski definition) is 3. The fraction of sp³-hybridized carbons (Fsp3) is 0.429. The van der Waals surface area contributed by atoms with Crippen molar-refractivity contribution in [2.75, 3.05) is 6.61 Å². The second-order valence-electron chi connectivity index (χ2n) is 2.31. The molecule has 0 radical (unpaired) electrons. The molecule has 4 nitrogen and oxygen atoms in total. The molecule has 1 aliphatic heterocycles. The van der Waals surface area contributed by atoms with Gasteiger partial charge >= 0.3 is 5.97 Å². The van der Waals surface area contributed by atoms with Gasteiger partial charge in [-0.2, -0.15) is 0 Å². The number of aliphatic hydroxyl groups is 1. The summed E-state index contributed by atoms with van der Waals surface area (Å²) in [5, 5.41) is 17.1. The van der Waals surface area contributed by atoms with Crippen LogP contribution in [0.4, 0.5) is 0 Å². The number of carboxylic acid groups (broad SMARTS) is 1. The highest BCUT2D eigenvalue weighted by Gasteiger charge is 2.21. The zero-order valence-electron chi connectivity index (χ0n) is 5.90. The summed E-state index contributed by atoms with van der Waals surface area (Å²) in [6, 6.07) is 0. The van der Waals surface area contributed by atoms with Gasteiger partial charge in [0.2, 0.25) is 0 Å². The van der Waals surface area contributed by atoms with Gasteiger partial charge in [-0.15, -0.1) is 0 Å². The Hall–Kier alpha value is -1.16. The molecule has 0 fully saturated rings. The lowest BCUT2D eigenvalue weighted by molar-refractivity contribution is -0.133. The van der Waals surface area contributed by atoms with Crippen LogP contribution in [0.2, 0.25) is 0 Å². The van der Waals surface area contributed by atoms with E-state index in [9.17, 15) is 4.79 Å². The first-order chi connectivity index (χ1) is 5.25. The molecule has 1 aliphatic rings. The van der Waals surface area contributed by atoms with E-state index >= 15 is 0 Å². The molecule has 0 saturated carbocycles. The summed E-state index contributed by atoms with van der Waals surface area (Å²) in [5.41, 5.74) is 0.263. The SMILES string of the molecule is O=C(O)C1=CN=C[C@@H]1CCO. The van der Waals surface area contributed by atoms with Gasteiger partial charge in [-0.1, -0.05) is 0 Å². The standard InChI is InChI=1S/C7H9NO3/c9-2-1-5-3-8-4-6(5)7(10)11/h3-5,9H,1-2H2,(H,10,11)/t5-/m0/s1. The highest BCUT2D eigenvalue weighted by atomic mass is 16.4. The fourth-order valence-electron chi connectivity index (χ4n) is 0.986. The Balaban J connectivity index is 2.61. The summed E-state index contributed by atoms with van der Waals surface area (Å²) < 4.78 is 0. The van der Waals surface area contributed by atoms with Crippen molar-refractivity contribution in [2.24, 2.45) is 10.9 Å². The van der Waals surface area contributed by atoms with E-state index in [1.54, 1.807) is 6.21 Å². The number of aliphatic hydroxyl groups excluding tert-OH is 1. The van der Waals surface area contributed by atoms with Gasteiger partial charge in [-0.05, 0) is 6.42 Å². The van der Waals surface area contributed by atoms with Gasteiger partial charge in [-0.3, -0.25) is 4.99 Å². The zero-order valence-corrected chi connectivity index (χ0v) is 5.90. The first-order valence-corrected chi connectivity index (χ1v) is 3.33. The minimum Gasteiger partial charge on any atom is -0.478 e. The van der Waals surface area contributed by atoms with Gasteiger partial charge in [-0.25, -0.2) is 4.79 Å². The van der Waals surface area contributed by atoms with Crippen LogP contribution in [0.3, 0.4) is 0 Å². The summed E-state index contributed by atoms with van der Waals surface area (Å²) in [4.78, 5) is 14.2. The van der Waals surface area contributed by atoms with Crippen molar-refractivity contribution in [1.82, 2.24) is 0 Å². The lowest BCUT2D eigenvalue weighted by Crippen LogP contribution is -2.12. The van der Waals surface area contributed by atoms with Crippen molar-refractivity contribution < 1.29 is 15.0 Å². The summed E-state index contributed by atoms with van der Waals surface area (Å²) in [6.45, 7) is -0.0126. The van der Waals surface area contributed by atoms with Crippen LogP contribution in [0.25, 0.3) is 0 Å². The monoisotopic (exact) mass is 155 g/mol. The van der Waals surface area contributed by atoms with Crippen LogP contribution in [-0.2, 0) is 4.79 Å². The summed E-state index contributed by atoms with van der Waals surface area (Å²) in [5.74, 6) is -1.17. The van der Waals surface area contributed by atoms with Gasteiger partial charge in [0.15, 0.2) is 0 Å². The smallest absolute Gasteiger partial charge is 0.333 e. The molecular formula is C7H9NO3. The number of rotatable bonds is 3. The van der Waals surface area contributed by atoms with E-state index in [2.05, 4.69) is 4.99 Å². The van der Waals surface area contributed by atoms with E-state index in [0.717, 1.165) is 0 Å². The first kappa shape index (κ1) is 7.94. The maximum atomic E-state index is 10.5. The fourth-order valence-corrected chi connectivity index (χ4v) is 0.986. The Labute approximate surface area is 63.9 Å². The number of carboxylic acids is 1. The van der Waals surface area contributed by atoms with E-state index in [1.165, 1.54) is 6.20 Å². The molecule has 0 saturated heterocycles. The summed E-state index contributed by atoms with van der Waals surface area (Å²) >= 11 is 0. The minimum absolute atomic E-state index is 0.0126. The number of carbonyl (C=O) groups is 1. The predicted molar refractivity (Wildman–Crippen MR) is 39.4 cm³/mol. The van der Waals surface area contributed by atoms with Crippen LogP contribution in [0.5, 0.6) is 0 Å². The molecule has 60 valence electrons. The van der Waals surface area contributed by atoms with Crippen molar-refractivity contribution >= 4 is 12.2 Å². The molecule has 0 bridgehead atoms. The molecule has 2 N–H and O–H groups in total. The van der Waals surface area contributed by atoms with Gasteiger partial charge in [0.1, 0.15) is 0 Å². The average molecular weight is 155 g/mol. The Morgan fingerprint density at radius 2 is 2.45 bits per heavy atom. The van der Waals surface area contributed by atoms with Crippen LogP contribution in [-0.4, -0.2) is 29.0 Å². The van der Waals surface area contributed by atoms with Crippen LogP contribution < -0.4 is 0 Å². The summed E-state index contributed by atoms with van der Waals surface area (Å²) in [7, 11) is 0. The van der Waals surface area contributed by atoms with Crippen LogP contribution >= 0.6 is 0 Å². The van der Waals surface area contributed by atoms with Crippen LogP contribution in [0.15, 0.2) is 16.8 Å². The molecule has 1 heterocycles. The van der Waals surface area contributed by atoms with Gasteiger partial charge < -0.3 is 10.2 Å². The van der Waals surface area contributed by atoms with Crippen molar-refractivity contribution in [2.45, 2.75) is 6.42 Å². The Bertz CT molecular complexity index is 220. The van der Waals surface area contributed by atoms with Crippen molar-refractivity contribution in [3.05, 3.63) is 11.8 Å².